The van der Waals surface area contributed by atoms with Gasteiger partial charge in [-0.25, -0.2) is 4.98 Å². The molecule has 1 heterocycles. The number of hydrogen-bond donors (Lipinski definition) is 1. The predicted molar refractivity (Wildman–Crippen MR) is 67.7 cm³/mol. The van der Waals surface area contributed by atoms with E-state index in [0.717, 1.165) is 4.98 Å². The largest absolute Gasteiger partial charge is 0.460 e. The van der Waals surface area contributed by atoms with Crippen molar-refractivity contribution >= 4 is 28.3 Å². The van der Waals surface area contributed by atoms with Crippen LogP contribution in [0.3, 0.4) is 0 Å². The second kappa shape index (κ2) is 5.84. The fourth-order valence-electron chi connectivity index (χ4n) is 1.94. The number of nitro benzene ring substituents is 1. The van der Waals surface area contributed by atoms with Crippen LogP contribution in [0.15, 0.2) is 6.07 Å². The van der Waals surface area contributed by atoms with Crippen molar-refractivity contribution in [2.24, 2.45) is 0 Å². The fraction of sp³-hybridized carbons (Fsp3) is 0.364. The fourth-order valence-corrected chi connectivity index (χ4v) is 2.24. The van der Waals surface area contributed by atoms with Crippen molar-refractivity contribution in [2.45, 2.75) is 24.2 Å². The van der Waals surface area contributed by atoms with Crippen LogP contribution in [0, 0.1) is 10.1 Å². The van der Waals surface area contributed by atoms with E-state index in [4.69, 9.17) is 11.6 Å². The summed E-state index contributed by atoms with van der Waals surface area (Å²) in [6, 6.07) is -0.202. The first kappa shape index (κ1) is 21.0. The zero-order chi connectivity index (χ0) is 21.2. The molecule has 1 N–H and O–H groups in total. The van der Waals surface area contributed by atoms with Gasteiger partial charge in [0.05, 0.1) is 15.5 Å². The summed E-state index contributed by atoms with van der Waals surface area (Å²) in [5, 5.41) is 9.35. The molecule has 5 nitrogen and oxygen atoms in total. The first-order chi connectivity index (χ1) is 11.9. The molecule has 2 aromatic rings. The Balaban J connectivity index is 2.86. The van der Waals surface area contributed by atoms with Gasteiger partial charge < -0.3 is 4.98 Å². The Hall–Kier alpha value is -2.32. The Morgan fingerprint density at radius 2 is 1.56 bits per heavy atom. The number of H-pyrrole nitrogens is 1. The van der Waals surface area contributed by atoms with E-state index >= 15 is 0 Å². The molecule has 2 rings (SSSR count). The number of non-ortho nitro benzene ring substituents is 1. The van der Waals surface area contributed by atoms with Crippen molar-refractivity contribution < 1.29 is 48.8 Å². The Morgan fingerprint density at radius 3 is 1.96 bits per heavy atom. The number of nitrogens with zero attached hydrogens (tertiary/aromatic N) is 2. The second-order valence-corrected chi connectivity index (χ2v) is 5.35. The Kier molecular flexibility index (Phi) is 4.54. The molecule has 0 aliphatic heterocycles. The summed E-state index contributed by atoms with van der Waals surface area (Å²) in [7, 11) is 0. The molecule has 0 atom stereocenters. The third-order valence-electron chi connectivity index (χ3n) is 3.24. The van der Waals surface area contributed by atoms with Gasteiger partial charge >= 0.3 is 24.2 Å². The molecular formula is C11H2ClF10N3O2. The van der Waals surface area contributed by atoms with Crippen molar-refractivity contribution in [3.63, 3.8) is 0 Å². The zero-order valence-corrected chi connectivity index (χ0v) is 12.7. The van der Waals surface area contributed by atoms with Crippen LogP contribution in [0.2, 0.25) is 5.02 Å². The summed E-state index contributed by atoms with van der Waals surface area (Å²) in [6.45, 7) is 0. The van der Waals surface area contributed by atoms with Crippen molar-refractivity contribution in [1.29, 1.82) is 0 Å². The molecule has 0 bridgehead atoms. The average molecular weight is 434 g/mol. The number of benzene rings is 1. The highest BCUT2D eigenvalue weighted by Gasteiger charge is 2.75. The molecule has 150 valence electrons. The van der Waals surface area contributed by atoms with Gasteiger partial charge in [0.2, 0.25) is 0 Å². The third kappa shape index (κ3) is 3.12. The van der Waals surface area contributed by atoms with Gasteiger partial charge in [-0.1, -0.05) is 11.6 Å². The number of nitrogens with one attached hydrogen (secondary N) is 1. The van der Waals surface area contributed by atoms with Gasteiger partial charge in [-0.3, -0.25) is 10.1 Å². The second-order valence-electron chi connectivity index (χ2n) is 4.97. The van der Waals surface area contributed by atoms with Crippen LogP contribution < -0.4 is 0 Å². The predicted octanol–water partition coefficient (Wildman–Crippen LogP) is 5.43. The lowest BCUT2D eigenvalue weighted by molar-refractivity contribution is -0.383. The number of alkyl halides is 10. The average Bonchev–Trinajstić information content (AvgIpc) is 2.90. The van der Waals surface area contributed by atoms with Crippen molar-refractivity contribution in [3.05, 3.63) is 32.6 Å². The Bertz CT molecular complexity index is 918. The maximum absolute atomic E-state index is 13.7. The molecule has 16 heteroatoms. The Morgan fingerprint density at radius 1 is 1.04 bits per heavy atom. The van der Waals surface area contributed by atoms with E-state index in [-0.39, 0.29) is 6.07 Å². The van der Waals surface area contributed by atoms with Gasteiger partial charge in [0.25, 0.3) is 5.69 Å². The quantitative estimate of drug-likeness (QED) is 0.398. The first-order valence-corrected chi connectivity index (χ1v) is 6.57. The summed E-state index contributed by atoms with van der Waals surface area (Å²) in [6.07, 6.45) is -12.1. The number of halogens is 11. The lowest BCUT2D eigenvalue weighted by Gasteiger charge is -2.26. The summed E-state index contributed by atoms with van der Waals surface area (Å²) in [5.74, 6) is -15.2. The van der Waals surface area contributed by atoms with Crippen LogP contribution in [0.5, 0.6) is 0 Å². The molecule has 0 amide bonds. The van der Waals surface area contributed by atoms with Gasteiger partial charge in [0, 0.05) is 6.07 Å². The molecular weight excluding hydrogens is 432 g/mol. The Labute approximate surface area is 145 Å². The highest BCUT2D eigenvalue weighted by molar-refractivity contribution is 6.36. The van der Waals surface area contributed by atoms with E-state index in [1.807, 2.05) is 0 Å². The summed E-state index contributed by atoms with van der Waals surface area (Å²) in [5.41, 5.74) is -6.20. The van der Waals surface area contributed by atoms with Gasteiger partial charge in [0.1, 0.15) is 11.0 Å². The summed E-state index contributed by atoms with van der Waals surface area (Å²) >= 11 is 5.29. The molecule has 1 aromatic carbocycles. The van der Waals surface area contributed by atoms with Crippen molar-refractivity contribution in [3.8, 4) is 0 Å². The van der Waals surface area contributed by atoms with Crippen LogP contribution in [-0.4, -0.2) is 27.0 Å². The van der Waals surface area contributed by atoms with Gasteiger partial charge in [0.15, 0.2) is 5.82 Å². The minimum Gasteiger partial charge on any atom is -0.331 e. The number of fused-ring (bicyclic) bond motifs is 1. The van der Waals surface area contributed by atoms with Crippen LogP contribution in [0.4, 0.5) is 49.6 Å². The van der Waals surface area contributed by atoms with E-state index in [9.17, 15) is 54.0 Å². The standard InChI is InChI=1S/C11H2ClF10N3O2/c12-4-2(9(15,16)17)1-3(25(26)27)5-6(4)24-7(23-5)8(13,14)10(18,19)11(20,21)22/h1H,(H,23,24). The molecule has 1 aromatic heterocycles. The van der Waals surface area contributed by atoms with E-state index in [1.165, 1.54) is 0 Å². The number of nitro groups is 1. The molecule has 0 spiro atoms. The van der Waals surface area contributed by atoms with Crippen LogP contribution in [0.1, 0.15) is 11.4 Å². The van der Waals surface area contributed by atoms with E-state index in [1.54, 1.807) is 0 Å². The highest BCUT2D eigenvalue weighted by Crippen LogP contribution is 2.52. The normalized spacial score (nSPS) is 14.0. The SMILES string of the molecule is O=[N+]([O-])c1cc(C(F)(F)F)c(Cl)c2nc(C(F)(F)C(F)(F)C(F)(F)F)[nH]c12. The first-order valence-electron chi connectivity index (χ1n) is 6.19. The number of aromatic amines is 1. The van der Waals surface area contributed by atoms with Crippen LogP contribution >= 0.6 is 11.6 Å². The molecule has 0 saturated carbocycles. The van der Waals surface area contributed by atoms with E-state index in [2.05, 4.69) is 4.98 Å². The molecule has 0 radical (unpaired) electrons. The number of rotatable bonds is 3. The molecule has 0 fully saturated rings. The van der Waals surface area contributed by atoms with Crippen LogP contribution in [0.25, 0.3) is 11.0 Å². The van der Waals surface area contributed by atoms with Crippen LogP contribution in [-0.2, 0) is 12.1 Å². The zero-order valence-electron chi connectivity index (χ0n) is 11.9. The maximum atomic E-state index is 13.7. The molecule has 0 unspecified atom stereocenters. The molecule has 0 saturated heterocycles. The number of aromatic nitrogens is 2. The molecule has 0 aliphatic rings. The van der Waals surface area contributed by atoms with Gasteiger partial charge in [-0.15, -0.1) is 0 Å². The van der Waals surface area contributed by atoms with Crippen molar-refractivity contribution in [1.82, 2.24) is 9.97 Å². The highest BCUT2D eigenvalue weighted by atomic mass is 35.5. The summed E-state index contributed by atoms with van der Waals surface area (Å²) in [4.78, 5) is 13.0. The minimum absolute atomic E-state index is 0.202. The number of hydrogen-bond acceptors (Lipinski definition) is 3. The van der Waals surface area contributed by atoms with E-state index < -0.39 is 62.3 Å². The molecule has 0 aliphatic carbocycles. The third-order valence-corrected chi connectivity index (χ3v) is 3.62. The lowest BCUT2D eigenvalue weighted by Crippen LogP contribution is -2.50. The smallest absolute Gasteiger partial charge is 0.331 e. The van der Waals surface area contributed by atoms with E-state index in [0.29, 0.717) is 0 Å². The topological polar surface area (TPSA) is 71.8 Å². The molecule has 27 heavy (non-hydrogen) atoms. The lowest BCUT2D eigenvalue weighted by atomic mass is 10.1. The maximum Gasteiger partial charge on any atom is 0.460 e. The van der Waals surface area contributed by atoms with Gasteiger partial charge in [-0.2, -0.15) is 43.9 Å². The number of imidazole rings is 1. The monoisotopic (exact) mass is 433 g/mol. The summed E-state index contributed by atoms with van der Waals surface area (Å²) < 4.78 is 129. The van der Waals surface area contributed by atoms with Gasteiger partial charge in [-0.05, 0) is 0 Å². The van der Waals surface area contributed by atoms with Crippen molar-refractivity contribution in [2.75, 3.05) is 0 Å². The minimum atomic E-state index is -6.76.